The zero-order valence-electron chi connectivity index (χ0n) is 16.5. The molecule has 3 heterocycles. The Kier molecular flexibility index (Phi) is 4.54. The molecule has 0 atom stereocenters. The van der Waals surface area contributed by atoms with Gasteiger partial charge in [-0.15, -0.1) is 0 Å². The molecule has 5 rings (SSSR count). The van der Waals surface area contributed by atoms with Gasteiger partial charge in [-0.1, -0.05) is 0 Å². The van der Waals surface area contributed by atoms with Gasteiger partial charge in [0.05, 0.1) is 35.1 Å². The molecule has 0 N–H and O–H groups in total. The fourth-order valence-corrected chi connectivity index (χ4v) is 4.35. The Morgan fingerprint density at radius 3 is 2.71 bits per heavy atom. The van der Waals surface area contributed by atoms with Crippen LogP contribution in [0.4, 0.5) is 18.9 Å². The van der Waals surface area contributed by atoms with Crippen LogP contribution in [0.5, 0.6) is 5.88 Å². The monoisotopic (exact) mass is 443 g/mol. The Hall–Kier alpha value is -3.27. The second-order valence-electron chi connectivity index (χ2n) is 7.26. The van der Waals surface area contributed by atoms with E-state index in [1.165, 1.54) is 24.5 Å². The van der Waals surface area contributed by atoms with E-state index in [-0.39, 0.29) is 0 Å². The molecule has 10 heteroatoms. The molecule has 31 heavy (non-hydrogen) atoms. The van der Waals surface area contributed by atoms with E-state index in [4.69, 9.17) is 4.18 Å². The third-order valence-corrected chi connectivity index (χ3v) is 5.84. The van der Waals surface area contributed by atoms with Crippen LogP contribution in [0.15, 0.2) is 48.8 Å². The summed E-state index contributed by atoms with van der Waals surface area (Å²) < 4.78 is 48.2. The Morgan fingerprint density at radius 2 is 1.94 bits per heavy atom. The smallest absolute Gasteiger partial charge is 0.384 e. The van der Waals surface area contributed by atoms with E-state index >= 15 is 0 Å². The van der Waals surface area contributed by atoms with Crippen molar-refractivity contribution in [2.75, 3.05) is 4.31 Å². The van der Waals surface area contributed by atoms with E-state index in [2.05, 4.69) is 15.1 Å². The van der Waals surface area contributed by atoms with Gasteiger partial charge in [-0.25, -0.2) is 14.6 Å². The number of anilines is 1. The summed E-state index contributed by atoms with van der Waals surface area (Å²) in [5.41, 5.74) is 3.52. The predicted molar refractivity (Wildman–Crippen MR) is 112 cm³/mol. The summed E-state index contributed by atoms with van der Waals surface area (Å²) in [7, 11) is 1.84. The van der Waals surface area contributed by atoms with Gasteiger partial charge in [0.2, 0.25) is 5.88 Å². The molecule has 4 aromatic rings. The first-order chi connectivity index (χ1) is 14.8. The number of alkyl halides is 3. The van der Waals surface area contributed by atoms with Gasteiger partial charge >= 0.3 is 6.18 Å². The SMILES string of the molecule is Cc1cc(-c2ncc3cc(C(F)(F)F)ccc3n2)ccc1N1Cc2cnn(C)c2OS1. The van der Waals surface area contributed by atoms with Crippen LogP contribution in [0.3, 0.4) is 0 Å². The van der Waals surface area contributed by atoms with Gasteiger partial charge in [0.25, 0.3) is 0 Å². The number of halogens is 3. The summed E-state index contributed by atoms with van der Waals surface area (Å²) >= 11 is 1.25. The largest absolute Gasteiger partial charge is 0.416 e. The van der Waals surface area contributed by atoms with E-state index < -0.39 is 11.7 Å². The third kappa shape index (κ3) is 3.56. The average Bonchev–Trinajstić information content (AvgIpc) is 3.12. The van der Waals surface area contributed by atoms with Crippen molar-refractivity contribution in [3.05, 3.63) is 65.5 Å². The van der Waals surface area contributed by atoms with Crippen LogP contribution in [0.25, 0.3) is 22.3 Å². The fraction of sp³-hybridized carbons (Fsp3) is 0.190. The summed E-state index contributed by atoms with van der Waals surface area (Å²) in [6.45, 7) is 2.64. The van der Waals surface area contributed by atoms with Crippen molar-refractivity contribution in [1.29, 1.82) is 0 Å². The van der Waals surface area contributed by atoms with Crippen LogP contribution in [0.2, 0.25) is 0 Å². The zero-order chi connectivity index (χ0) is 21.8. The lowest BCUT2D eigenvalue weighted by molar-refractivity contribution is -0.137. The van der Waals surface area contributed by atoms with Gasteiger partial charge < -0.3 is 4.18 Å². The molecule has 0 bridgehead atoms. The van der Waals surface area contributed by atoms with Crippen molar-refractivity contribution in [3.8, 4) is 17.3 Å². The van der Waals surface area contributed by atoms with Crippen molar-refractivity contribution in [1.82, 2.24) is 19.7 Å². The topological polar surface area (TPSA) is 56.1 Å². The van der Waals surface area contributed by atoms with Gasteiger partial charge in [-0.05, 0) is 48.9 Å². The molecule has 0 saturated carbocycles. The highest BCUT2D eigenvalue weighted by Gasteiger charge is 2.30. The van der Waals surface area contributed by atoms with Gasteiger partial charge in [0, 0.05) is 24.2 Å². The van der Waals surface area contributed by atoms with Crippen molar-refractivity contribution in [2.45, 2.75) is 19.6 Å². The Balaban J connectivity index is 1.44. The first kappa shape index (κ1) is 19.7. The van der Waals surface area contributed by atoms with Crippen molar-refractivity contribution in [2.24, 2.45) is 7.05 Å². The maximum atomic E-state index is 12.9. The van der Waals surface area contributed by atoms with Crippen LogP contribution in [0.1, 0.15) is 16.7 Å². The minimum Gasteiger partial charge on any atom is -0.384 e. The van der Waals surface area contributed by atoms with E-state index in [0.717, 1.165) is 40.4 Å². The lowest BCUT2D eigenvalue weighted by Gasteiger charge is -2.27. The third-order valence-electron chi connectivity index (χ3n) is 5.11. The summed E-state index contributed by atoms with van der Waals surface area (Å²) in [4.78, 5) is 8.73. The molecule has 0 amide bonds. The predicted octanol–water partition coefficient (Wildman–Crippen LogP) is 5.32. The van der Waals surface area contributed by atoms with Crippen molar-refractivity contribution < 1.29 is 17.4 Å². The lowest BCUT2D eigenvalue weighted by Crippen LogP contribution is -2.21. The molecule has 0 unspecified atom stereocenters. The maximum absolute atomic E-state index is 12.9. The quantitative estimate of drug-likeness (QED) is 0.309. The molecule has 158 valence electrons. The number of hydrogen-bond donors (Lipinski definition) is 0. The van der Waals surface area contributed by atoms with Crippen molar-refractivity contribution in [3.63, 3.8) is 0 Å². The zero-order valence-corrected chi connectivity index (χ0v) is 17.3. The van der Waals surface area contributed by atoms with E-state index in [1.54, 1.807) is 10.9 Å². The summed E-state index contributed by atoms with van der Waals surface area (Å²) in [5.74, 6) is 1.20. The summed E-state index contributed by atoms with van der Waals surface area (Å²) in [5, 5.41) is 4.57. The molecule has 0 radical (unpaired) electrons. The number of fused-ring (bicyclic) bond motifs is 2. The molecule has 2 aromatic heterocycles. The first-order valence-corrected chi connectivity index (χ1v) is 10.1. The maximum Gasteiger partial charge on any atom is 0.416 e. The van der Waals surface area contributed by atoms with Crippen LogP contribution < -0.4 is 8.49 Å². The minimum atomic E-state index is -4.40. The van der Waals surface area contributed by atoms with Crippen LogP contribution in [0, 0.1) is 6.92 Å². The highest BCUT2D eigenvalue weighted by Crippen LogP contribution is 2.38. The molecule has 0 saturated heterocycles. The van der Waals surface area contributed by atoms with Crippen LogP contribution >= 0.6 is 12.2 Å². The molecular weight excluding hydrogens is 427 g/mol. The van der Waals surface area contributed by atoms with Gasteiger partial charge in [0.1, 0.15) is 0 Å². The molecular formula is C21H16F3N5OS. The molecule has 0 spiro atoms. The van der Waals surface area contributed by atoms with Crippen LogP contribution in [-0.2, 0) is 19.8 Å². The Labute approximate surface area is 180 Å². The summed E-state index contributed by atoms with van der Waals surface area (Å²) in [6, 6.07) is 9.29. The highest BCUT2D eigenvalue weighted by atomic mass is 32.2. The molecule has 2 aromatic carbocycles. The van der Waals surface area contributed by atoms with Crippen LogP contribution in [-0.4, -0.2) is 19.7 Å². The van der Waals surface area contributed by atoms with Gasteiger partial charge in [0.15, 0.2) is 18.1 Å². The first-order valence-electron chi connectivity index (χ1n) is 9.38. The van der Waals surface area contributed by atoms with E-state index in [9.17, 15) is 13.2 Å². The van der Waals surface area contributed by atoms with Crippen molar-refractivity contribution >= 4 is 28.8 Å². The summed E-state index contributed by atoms with van der Waals surface area (Å²) in [6.07, 6.45) is -1.18. The minimum absolute atomic E-state index is 0.348. The molecule has 1 aliphatic heterocycles. The average molecular weight is 443 g/mol. The highest BCUT2D eigenvalue weighted by molar-refractivity contribution is 7.96. The second kappa shape index (κ2) is 7.16. The number of hydrogen-bond acceptors (Lipinski definition) is 6. The molecule has 0 fully saturated rings. The molecule has 6 nitrogen and oxygen atoms in total. The van der Waals surface area contributed by atoms with Gasteiger partial charge in [-0.3, -0.25) is 4.31 Å². The number of aryl methyl sites for hydroxylation is 2. The Bertz CT molecular complexity index is 1300. The molecule has 1 aliphatic rings. The number of nitrogens with zero attached hydrogens (tertiary/aromatic N) is 5. The lowest BCUT2D eigenvalue weighted by atomic mass is 10.1. The fourth-order valence-electron chi connectivity index (χ4n) is 3.50. The number of rotatable bonds is 2. The standard InChI is InChI=1S/C21H16F3N5OS/c1-12-7-13(3-6-18(12)29-11-15-10-26-28(2)20(15)30-31-29)19-25-9-14-8-16(21(22,23)24)4-5-17(14)27-19/h3-10H,11H2,1-2H3. The van der Waals surface area contributed by atoms with E-state index in [1.807, 2.05) is 36.5 Å². The van der Waals surface area contributed by atoms with E-state index in [0.29, 0.717) is 23.3 Å². The molecule has 0 aliphatic carbocycles. The van der Waals surface area contributed by atoms with Gasteiger partial charge in [-0.2, -0.15) is 18.3 Å². The number of aromatic nitrogens is 4. The second-order valence-corrected chi connectivity index (χ2v) is 8.02. The number of benzene rings is 2. The Morgan fingerprint density at radius 1 is 1.10 bits per heavy atom. The normalized spacial score (nSPS) is 13.9.